The van der Waals surface area contributed by atoms with E-state index in [1.807, 2.05) is 18.2 Å². The Kier molecular flexibility index (Phi) is 2.58. The second-order valence-electron chi connectivity index (χ2n) is 6.15. The van der Waals surface area contributed by atoms with Gasteiger partial charge in [0, 0.05) is 24.3 Å². The third-order valence-electron chi connectivity index (χ3n) is 4.30. The van der Waals surface area contributed by atoms with Gasteiger partial charge in [-0.15, -0.1) is 0 Å². The lowest BCUT2D eigenvalue weighted by Gasteiger charge is -2.08. The molecule has 1 aliphatic carbocycles. The summed E-state index contributed by atoms with van der Waals surface area (Å²) in [5.74, 6) is 0.713. The highest BCUT2D eigenvalue weighted by molar-refractivity contribution is 5.95. The Labute approximate surface area is 108 Å². The second-order valence-corrected chi connectivity index (χ2v) is 6.15. The van der Waals surface area contributed by atoms with Crippen molar-refractivity contribution in [1.29, 1.82) is 0 Å². The summed E-state index contributed by atoms with van der Waals surface area (Å²) >= 11 is 0. The minimum atomic E-state index is 0.0624. The van der Waals surface area contributed by atoms with Gasteiger partial charge in [0.2, 0.25) is 0 Å². The summed E-state index contributed by atoms with van der Waals surface area (Å²) in [4.78, 5) is 12.1. The lowest BCUT2D eigenvalue weighted by atomic mass is 10.1. The quantitative estimate of drug-likeness (QED) is 0.857. The summed E-state index contributed by atoms with van der Waals surface area (Å²) in [5.41, 5.74) is 3.65. The largest absolute Gasteiger partial charge is 0.384 e. The molecular formula is C15H20N2O. The molecule has 0 aromatic heterocycles. The fourth-order valence-corrected chi connectivity index (χ4v) is 2.69. The van der Waals surface area contributed by atoms with Gasteiger partial charge in [-0.2, -0.15) is 0 Å². The monoisotopic (exact) mass is 244 g/mol. The van der Waals surface area contributed by atoms with Gasteiger partial charge in [-0.25, -0.2) is 0 Å². The minimum absolute atomic E-state index is 0.0624. The Morgan fingerprint density at radius 2 is 2.28 bits per heavy atom. The highest BCUT2D eigenvalue weighted by Gasteiger charge is 2.45. The SMILES string of the molecule is CC1(C)CC1CNC(=O)c1ccc2c(c1)CCN2. The zero-order valence-electron chi connectivity index (χ0n) is 11.0. The highest BCUT2D eigenvalue weighted by atomic mass is 16.1. The van der Waals surface area contributed by atoms with E-state index in [4.69, 9.17) is 0 Å². The fraction of sp³-hybridized carbons (Fsp3) is 0.533. The van der Waals surface area contributed by atoms with Crippen LogP contribution in [0.2, 0.25) is 0 Å². The molecule has 2 aliphatic rings. The molecule has 1 fully saturated rings. The molecule has 0 bridgehead atoms. The van der Waals surface area contributed by atoms with Crippen molar-refractivity contribution in [3.05, 3.63) is 29.3 Å². The molecular weight excluding hydrogens is 224 g/mol. The number of rotatable bonds is 3. The normalized spacial score (nSPS) is 23.1. The molecule has 1 aromatic carbocycles. The van der Waals surface area contributed by atoms with Gasteiger partial charge >= 0.3 is 0 Å². The smallest absolute Gasteiger partial charge is 0.251 e. The Morgan fingerprint density at radius 1 is 1.50 bits per heavy atom. The van der Waals surface area contributed by atoms with E-state index in [0.29, 0.717) is 11.3 Å². The number of hydrogen-bond donors (Lipinski definition) is 2. The topological polar surface area (TPSA) is 41.1 Å². The van der Waals surface area contributed by atoms with Crippen LogP contribution in [0.5, 0.6) is 0 Å². The van der Waals surface area contributed by atoms with Gasteiger partial charge in [-0.05, 0) is 47.9 Å². The van der Waals surface area contributed by atoms with E-state index in [2.05, 4.69) is 24.5 Å². The van der Waals surface area contributed by atoms with E-state index in [0.717, 1.165) is 25.1 Å². The molecule has 96 valence electrons. The first kappa shape index (κ1) is 11.6. The molecule has 1 amide bonds. The van der Waals surface area contributed by atoms with Crippen LogP contribution in [0, 0.1) is 11.3 Å². The Bertz CT molecular complexity index is 493. The average Bonchev–Trinajstić information content (AvgIpc) is 2.77. The van der Waals surface area contributed by atoms with Gasteiger partial charge in [0.15, 0.2) is 0 Å². The van der Waals surface area contributed by atoms with Crippen LogP contribution in [0.15, 0.2) is 18.2 Å². The van der Waals surface area contributed by atoms with Crippen LogP contribution in [0.1, 0.15) is 36.2 Å². The van der Waals surface area contributed by atoms with Crippen molar-refractivity contribution in [2.75, 3.05) is 18.4 Å². The van der Waals surface area contributed by atoms with E-state index in [-0.39, 0.29) is 5.91 Å². The van der Waals surface area contributed by atoms with E-state index in [9.17, 15) is 4.79 Å². The van der Waals surface area contributed by atoms with Gasteiger partial charge in [-0.3, -0.25) is 4.79 Å². The lowest BCUT2D eigenvalue weighted by Crippen LogP contribution is -2.26. The van der Waals surface area contributed by atoms with Gasteiger partial charge in [0.25, 0.3) is 5.91 Å². The van der Waals surface area contributed by atoms with Crippen molar-refractivity contribution < 1.29 is 4.79 Å². The van der Waals surface area contributed by atoms with Crippen molar-refractivity contribution in [1.82, 2.24) is 5.32 Å². The molecule has 1 saturated carbocycles. The van der Waals surface area contributed by atoms with E-state index in [1.54, 1.807) is 0 Å². The van der Waals surface area contributed by atoms with Crippen molar-refractivity contribution in [3.63, 3.8) is 0 Å². The Morgan fingerprint density at radius 3 is 3.00 bits per heavy atom. The number of fused-ring (bicyclic) bond motifs is 1. The fourth-order valence-electron chi connectivity index (χ4n) is 2.69. The molecule has 1 atom stereocenters. The molecule has 0 radical (unpaired) electrons. The molecule has 1 aromatic rings. The van der Waals surface area contributed by atoms with Gasteiger partial charge in [-0.1, -0.05) is 13.8 Å². The van der Waals surface area contributed by atoms with E-state index < -0.39 is 0 Å². The molecule has 3 heteroatoms. The standard InChI is InChI=1S/C15H20N2O/c1-15(2)8-12(15)9-17-14(18)11-3-4-13-10(7-11)5-6-16-13/h3-4,7,12,16H,5-6,8-9H2,1-2H3,(H,17,18). The zero-order valence-corrected chi connectivity index (χ0v) is 11.0. The summed E-state index contributed by atoms with van der Waals surface area (Å²) in [6.45, 7) is 6.30. The van der Waals surface area contributed by atoms with Crippen molar-refractivity contribution in [2.45, 2.75) is 26.7 Å². The van der Waals surface area contributed by atoms with Crippen LogP contribution in [0.25, 0.3) is 0 Å². The Balaban J connectivity index is 1.62. The van der Waals surface area contributed by atoms with Crippen LogP contribution < -0.4 is 10.6 Å². The summed E-state index contributed by atoms with van der Waals surface area (Å²) in [7, 11) is 0. The number of benzene rings is 1. The van der Waals surface area contributed by atoms with Gasteiger partial charge in [0.1, 0.15) is 0 Å². The van der Waals surface area contributed by atoms with Gasteiger partial charge in [0.05, 0.1) is 0 Å². The first-order chi connectivity index (χ1) is 8.56. The second kappa shape index (κ2) is 4.01. The maximum absolute atomic E-state index is 12.1. The molecule has 3 rings (SSSR count). The van der Waals surface area contributed by atoms with Crippen LogP contribution in [-0.4, -0.2) is 19.0 Å². The summed E-state index contributed by atoms with van der Waals surface area (Å²) in [6.07, 6.45) is 2.24. The maximum Gasteiger partial charge on any atom is 0.251 e. The zero-order chi connectivity index (χ0) is 12.8. The van der Waals surface area contributed by atoms with Crippen molar-refractivity contribution in [2.24, 2.45) is 11.3 Å². The third-order valence-corrected chi connectivity index (χ3v) is 4.30. The van der Waals surface area contributed by atoms with Gasteiger partial charge < -0.3 is 10.6 Å². The lowest BCUT2D eigenvalue weighted by molar-refractivity contribution is 0.0950. The summed E-state index contributed by atoms with van der Waals surface area (Å²) in [6, 6.07) is 5.94. The van der Waals surface area contributed by atoms with Crippen LogP contribution >= 0.6 is 0 Å². The molecule has 0 spiro atoms. The van der Waals surface area contributed by atoms with Crippen LogP contribution in [0.4, 0.5) is 5.69 Å². The minimum Gasteiger partial charge on any atom is -0.384 e. The number of carbonyl (C=O) groups is 1. The molecule has 3 nitrogen and oxygen atoms in total. The van der Waals surface area contributed by atoms with E-state index in [1.165, 1.54) is 17.7 Å². The summed E-state index contributed by atoms with van der Waals surface area (Å²) in [5, 5.41) is 6.35. The number of hydrogen-bond acceptors (Lipinski definition) is 2. The first-order valence-electron chi connectivity index (χ1n) is 6.71. The molecule has 0 saturated heterocycles. The maximum atomic E-state index is 12.1. The number of anilines is 1. The number of amides is 1. The first-order valence-corrected chi connectivity index (χ1v) is 6.71. The molecule has 1 unspecified atom stereocenters. The van der Waals surface area contributed by atoms with Crippen molar-refractivity contribution in [3.8, 4) is 0 Å². The number of nitrogens with one attached hydrogen (secondary N) is 2. The predicted octanol–water partition coefficient (Wildman–Crippen LogP) is 2.43. The van der Waals surface area contributed by atoms with E-state index >= 15 is 0 Å². The number of carbonyl (C=O) groups excluding carboxylic acids is 1. The van der Waals surface area contributed by atoms with Crippen molar-refractivity contribution >= 4 is 11.6 Å². The highest BCUT2D eigenvalue weighted by Crippen LogP contribution is 2.50. The Hall–Kier alpha value is -1.51. The summed E-state index contributed by atoms with van der Waals surface area (Å²) < 4.78 is 0. The molecule has 1 aliphatic heterocycles. The van der Waals surface area contributed by atoms with Crippen LogP contribution in [-0.2, 0) is 6.42 Å². The molecule has 2 N–H and O–H groups in total. The third kappa shape index (κ3) is 2.09. The predicted molar refractivity (Wildman–Crippen MR) is 72.9 cm³/mol. The molecule has 18 heavy (non-hydrogen) atoms. The molecule has 1 heterocycles. The van der Waals surface area contributed by atoms with Crippen LogP contribution in [0.3, 0.4) is 0 Å². The average molecular weight is 244 g/mol.